The highest BCUT2D eigenvalue weighted by Crippen LogP contribution is 2.30. The molecule has 1 aromatic heterocycles. The van der Waals surface area contributed by atoms with E-state index in [1.54, 1.807) is 13.1 Å². The number of nitrogens with one attached hydrogen (secondary N) is 1. The zero-order valence-corrected chi connectivity index (χ0v) is 15.1. The lowest BCUT2D eigenvalue weighted by Crippen LogP contribution is -2.42. The Hall–Kier alpha value is -3.15. The number of rotatable bonds is 3. The second-order valence-electron chi connectivity index (χ2n) is 6.79. The van der Waals surface area contributed by atoms with Gasteiger partial charge in [0.05, 0.1) is 5.39 Å². The zero-order chi connectivity index (χ0) is 18.8. The number of hydrogen-bond donors (Lipinski definition) is 1. The minimum Gasteiger partial charge on any atom is -0.359 e. The Balaban J connectivity index is 1.57. The molecule has 6 heteroatoms. The Kier molecular flexibility index (Phi) is 4.62. The number of piperidine rings is 1. The summed E-state index contributed by atoms with van der Waals surface area (Å²) in [6, 6.07) is 15.2. The molecule has 4 rings (SSSR count). The second-order valence-corrected chi connectivity index (χ2v) is 6.79. The maximum atomic E-state index is 12.9. The Morgan fingerprint density at radius 2 is 1.85 bits per heavy atom. The van der Waals surface area contributed by atoms with Gasteiger partial charge in [-0.3, -0.25) is 9.59 Å². The Morgan fingerprint density at radius 3 is 2.56 bits per heavy atom. The molecule has 0 atom stereocenters. The van der Waals surface area contributed by atoms with E-state index in [-0.39, 0.29) is 17.7 Å². The fraction of sp³-hybridized carbons (Fsp3) is 0.286. The molecule has 1 saturated heterocycles. The predicted octanol–water partition coefficient (Wildman–Crippen LogP) is 3.09. The molecule has 1 N–H and O–H groups in total. The number of benzene rings is 2. The Bertz CT molecular complexity index is 973. The Labute approximate surface area is 157 Å². The highest BCUT2D eigenvalue weighted by molar-refractivity contribution is 6.01. The van der Waals surface area contributed by atoms with Crippen molar-refractivity contribution in [2.24, 2.45) is 5.92 Å². The molecule has 138 valence electrons. The maximum Gasteiger partial charge on any atom is 0.253 e. The number of fused-ring (bicyclic) bond motifs is 1. The van der Waals surface area contributed by atoms with Crippen LogP contribution < -0.4 is 5.32 Å². The summed E-state index contributed by atoms with van der Waals surface area (Å²) in [5.74, 6) is 0.691. The summed E-state index contributed by atoms with van der Waals surface area (Å²) >= 11 is 0. The summed E-state index contributed by atoms with van der Waals surface area (Å²) in [5.41, 5.74) is 2.26. The van der Waals surface area contributed by atoms with Crippen LogP contribution >= 0.6 is 0 Å². The standard InChI is InChI=1S/C21H21N3O3/c1-22-20(25)15-9-11-24(12-10-15)21(26)16-7-8-18-17(13-16)19(27-23-18)14-5-3-2-4-6-14/h2-8,13,15H,9-12H2,1H3,(H,22,25). The van der Waals surface area contributed by atoms with Crippen molar-refractivity contribution in [1.82, 2.24) is 15.4 Å². The van der Waals surface area contributed by atoms with Crippen LogP contribution in [-0.2, 0) is 4.79 Å². The number of amides is 2. The van der Waals surface area contributed by atoms with Crippen LogP contribution in [0, 0.1) is 5.92 Å². The first-order valence-corrected chi connectivity index (χ1v) is 9.13. The molecule has 0 radical (unpaired) electrons. The summed E-state index contributed by atoms with van der Waals surface area (Å²) in [4.78, 5) is 26.5. The topological polar surface area (TPSA) is 75.4 Å². The molecule has 1 aliphatic heterocycles. The lowest BCUT2D eigenvalue weighted by atomic mass is 9.95. The van der Waals surface area contributed by atoms with Gasteiger partial charge in [0.25, 0.3) is 5.91 Å². The van der Waals surface area contributed by atoms with E-state index in [1.165, 1.54) is 0 Å². The smallest absolute Gasteiger partial charge is 0.253 e. The van der Waals surface area contributed by atoms with Gasteiger partial charge < -0.3 is 14.7 Å². The minimum absolute atomic E-state index is 0.00992. The molecule has 0 unspecified atom stereocenters. The first-order chi connectivity index (χ1) is 13.2. The lowest BCUT2D eigenvalue weighted by molar-refractivity contribution is -0.125. The molecule has 2 aromatic carbocycles. The van der Waals surface area contributed by atoms with Crippen molar-refractivity contribution in [2.45, 2.75) is 12.8 Å². The molecule has 6 nitrogen and oxygen atoms in total. The van der Waals surface area contributed by atoms with Gasteiger partial charge in [-0.15, -0.1) is 0 Å². The average molecular weight is 363 g/mol. The van der Waals surface area contributed by atoms with E-state index < -0.39 is 0 Å². The van der Waals surface area contributed by atoms with Gasteiger partial charge in [0.1, 0.15) is 5.52 Å². The van der Waals surface area contributed by atoms with E-state index in [4.69, 9.17) is 4.52 Å². The van der Waals surface area contributed by atoms with Crippen molar-refractivity contribution in [3.05, 3.63) is 54.1 Å². The zero-order valence-electron chi connectivity index (χ0n) is 15.1. The van der Waals surface area contributed by atoms with Gasteiger partial charge in [-0.25, -0.2) is 0 Å². The molecule has 0 spiro atoms. The Morgan fingerprint density at radius 1 is 1.11 bits per heavy atom. The van der Waals surface area contributed by atoms with Crippen molar-refractivity contribution in [2.75, 3.05) is 20.1 Å². The molecule has 1 fully saturated rings. The summed E-state index contributed by atoms with van der Waals surface area (Å²) in [6.45, 7) is 1.17. The average Bonchev–Trinajstić information content (AvgIpc) is 3.16. The number of hydrogen-bond acceptors (Lipinski definition) is 4. The van der Waals surface area contributed by atoms with Crippen LogP contribution in [0.15, 0.2) is 53.1 Å². The summed E-state index contributed by atoms with van der Waals surface area (Å²) in [5, 5.41) is 7.62. The van der Waals surface area contributed by atoms with E-state index in [0.717, 1.165) is 16.5 Å². The SMILES string of the molecule is CNC(=O)C1CCN(C(=O)c2ccc3noc(-c4ccccc4)c3c2)CC1. The highest BCUT2D eigenvalue weighted by atomic mass is 16.5. The van der Waals surface area contributed by atoms with E-state index in [0.29, 0.717) is 37.3 Å². The molecule has 1 aliphatic rings. The maximum absolute atomic E-state index is 12.9. The third kappa shape index (κ3) is 3.30. The van der Waals surface area contributed by atoms with Crippen molar-refractivity contribution in [3.8, 4) is 11.3 Å². The third-order valence-corrected chi connectivity index (χ3v) is 5.16. The molecule has 27 heavy (non-hydrogen) atoms. The van der Waals surface area contributed by atoms with Crippen LogP contribution in [0.1, 0.15) is 23.2 Å². The van der Waals surface area contributed by atoms with Crippen LogP contribution in [0.2, 0.25) is 0 Å². The second kappa shape index (κ2) is 7.23. The van der Waals surface area contributed by atoms with E-state index in [1.807, 2.05) is 47.4 Å². The van der Waals surface area contributed by atoms with Crippen LogP contribution in [0.5, 0.6) is 0 Å². The van der Waals surface area contributed by atoms with Crippen molar-refractivity contribution in [1.29, 1.82) is 0 Å². The van der Waals surface area contributed by atoms with Crippen molar-refractivity contribution >= 4 is 22.7 Å². The molecule has 3 aromatic rings. The first kappa shape index (κ1) is 17.3. The minimum atomic E-state index is -0.0209. The molecule has 0 saturated carbocycles. The van der Waals surface area contributed by atoms with Gasteiger partial charge >= 0.3 is 0 Å². The molecule has 0 aliphatic carbocycles. The van der Waals surface area contributed by atoms with Crippen molar-refractivity contribution in [3.63, 3.8) is 0 Å². The van der Waals surface area contributed by atoms with Crippen LogP contribution in [-0.4, -0.2) is 42.0 Å². The van der Waals surface area contributed by atoms with Gasteiger partial charge in [0.2, 0.25) is 5.91 Å². The van der Waals surface area contributed by atoms with Crippen LogP contribution in [0.3, 0.4) is 0 Å². The van der Waals surface area contributed by atoms with Gasteiger partial charge in [0, 0.05) is 37.2 Å². The molecule has 2 amide bonds. The number of carbonyl (C=O) groups is 2. The van der Waals surface area contributed by atoms with E-state index in [2.05, 4.69) is 10.5 Å². The quantitative estimate of drug-likeness (QED) is 0.776. The van der Waals surface area contributed by atoms with E-state index >= 15 is 0 Å². The number of nitrogens with zero attached hydrogens (tertiary/aromatic N) is 2. The predicted molar refractivity (Wildman–Crippen MR) is 102 cm³/mol. The van der Waals surface area contributed by atoms with E-state index in [9.17, 15) is 9.59 Å². The number of aromatic nitrogens is 1. The number of likely N-dealkylation sites (tertiary alicyclic amines) is 1. The summed E-state index contributed by atoms with van der Waals surface area (Å²) in [7, 11) is 1.65. The normalized spacial score (nSPS) is 15.1. The third-order valence-electron chi connectivity index (χ3n) is 5.16. The fourth-order valence-electron chi connectivity index (χ4n) is 3.60. The summed E-state index contributed by atoms with van der Waals surface area (Å²) in [6.07, 6.45) is 1.38. The molecule has 2 heterocycles. The van der Waals surface area contributed by atoms with Crippen molar-refractivity contribution < 1.29 is 14.1 Å². The van der Waals surface area contributed by atoms with Gasteiger partial charge in [-0.05, 0) is 31.0 Å². The number of carbonyl (C=O) groups excluding carboxylic acids is 2. The molecular weight excluding hydrogens is 342 g/mol. The van der Waals surface area contributed by atoms with Gasteiger partial charge in [-0.1, -0.05) is 35.5 Å². The summed E-state index contributed by atoms with van der Waals surface area (Å²) < 4.78 is 5.51. The molecular formula is C21H21N3O3. The highest BCUT2D eigenvalue weighted by Gasteiger charge is 2.27. The monoisotopic (exact) mass is 363 g/mol. The fourth-order valence-corrected chi connectivity index (χ4v) is 3.60. The van der Waals surface area contributed by atoms with Gasteiger partial charge in [0.15, 0.2) is 5.76 Å². The van der Waals surface area contributed by atoms with Gasteiger partial charge in [-0.2, -0.15) is 0 Å². The first-order valence-electron chi connectivity index (χ1n) is 9.13. The largest absolute Gasteiger partial charge is 0.359 e. The molecule has 0 bridgehead atoms. The van der Waals surface area contributed by atoms with Crippen LogP contribution in [0.25, 0.3) is 22.2 Å². The van der Waals surface area contributed by atoms with Crippen LogP contribution in [0.4, 0.5) is 0 Å². The lowest BCUT2D eigenvalue weighted by Gasteiger charge is -2.31.